The Kier molecular flexibility index (Phi) is 6.21. The average Bonchev–Trinajstić information content (AvgIpc) is 2.93. The van der Waals surface area contributed by atoms with E-state index in [9.17, 15) is 9.90 Å². The minimum atomic E-state index is -0.490. The molecule has 0 unspecified atom stereocenters. The van der Waals surface area contributed by atoms with Crippen LogP contribution in [0.5, 0.6) is 0 Å². The highest BCUT2D eigenvalue weighted by Gasteiger charge is 2.30. The van der Waals surface area contributed by atoms with Crippen LogP contribution in [0.1, 0.15) is 18.9 Å². The van der Waals surface area contributed by atoms with Gasteiger partial charge in [0.1, 0.15) is 0 Å². The molecule has 2 atom stereocenters. The number of alkyl halides is 1. The number of halogens is 1. The molecule has 1 heterocycles. The van der Waals surface area contributed by atoms with Gasteiger partial charge in [-0.2, -0.15) is 0 Å². The van der Waals surface area contributed by atoms with E-state index < -0.39 is 6.10 Å². The number of likely N-dealkylation sites (tertiary alicyclic amines) is 1. The third kappa shape index (κ3) is 4.80. The number of benzene rings is 1. The molecular weight excluding hydrogens is 332 g/mol. The van der Waals surface area contributed by atoms with E-state index in [-0.39, 0.29) is 11.9 Å². The van der Waals surface area contributed by atoms with Crippen molar-refractivity contribution in [2.24, 2.45) is 0 Å². The number of aliphatic hydroxyl groups excluding tert-OH is 1. The molecule has 21 heavy (non-hydrogen) atoms. The van der Waals surface area contributed by atoms with Crippen LogP contribution in [-0.4, -0.2) is 57.9 Å². The summed E-state index contributed by atoms with van der Waals surface area (Å²) in [6, 6.07) is 10.6. The SMILES string of the molecule is C[C@H](O)CN(C(=O)CBr)[C@@H]1CCN(Cc2ccccc2)C1. The van der Waals surface area contributed by atoms with Crippen LogP contribution in [0.15, 0.2) is 30.3 Å². The predicted octanol–water partition coefficient (Wildman–Crippen LogP) is 1.87. The van der Waals surface area contributed by atoms with E-state index in [0.29, 0.717) is 11.9 Å². The highest BCUT2D eigenvalue weighted by Crippen LogP contribution is 2.19. The minimum absolute atomic E-state index is 0.0578. The number of amides is 1. The lowest BCUT2D eigenvalue weighted by Crippen LogP contribution is -2.45. The van der Waals surface area contributed by atoms with Gasteiger partial charge in [-0.3, -0.25) is 9.69 Å². The van der Waals surface area contributed by atoms with Crippen molar-refractivity contribution in [2.75, 3.05) is 25.0 Å². The zero-order valence-electron chi connectivity index (χ0n) is 12.4. The first-order valence-corrected chi connectivity index (χ1v) is 8.52. The highest BCUT2D eigenvalue weighted by atomic mass is 79.9. The van der Waals surface area contributed by atoms with Gasteiger partial charge in [0.2, 0.25) is 5.91 Å². The van der Waals surface area contributed by atoms with Crippen LogP contribution >= 0.6 is 15.9 Å². The van der Waals surface area contributed by atoms with E-state index in [1.54, 1.807) is 6.92 Å². The Balaban J connectivity index is 1.94. The molecule has 1 aliphatic heterocycles. The Morgan fingerprint density at radius 2 is 2.19 bits per heavy atom. The fraction of sp³-hybridized carbons (Fsp3) is 0.562. The summed E-state index contributed by atoms with van der Waals surface area (Å²) in [6.45, 7) is 4.92. The molecule has 0 aromatic heterocycles. The summed E-state index contributed by atoms with van der Waals surface area (Å²) in [5.74, 6) is 0.0578. The molecule has 4 nitrogen and oxygen atoms in total. The van der Waals surface area contributed by atoms with Crippen molar-refractivity contribution in [3.05, 3.63) is 35.9 Å². The predicted molar refractivity (Wildman–Crippen MR) is 87.3 cm³/mol. The lowest BCUT2D eigenvalue weighted by Gasteiger charge is -2.30. The lowest BCUT2D eigenvalue weighted by molar-refractivity contribution is -0.131. The van der Waals surface area contributed by atoms with Gasteiger partial charge in [0.05, 0.1) is 11.4 Å². The van der Waals surface area contributed by atoms with Crippen molar-refractivity contribution >= 4 is 21.8 Å². The van der Waals surface area contributed by atoms with Crippen LogP contribution in [-0.2, 0) is 11.3 Å². The highest BCUT2D eigenvalue weighted by molar-refractivity contribution is 9.09. The molecule has 1 aromatic rings. The molecule has 1 N–H and O–H groups in total. The van der Waals surface area contributed by atoms with Gasteiger partial charge in [0.25, 0.3) is 0 Å². The van der Waals surface area contributed by atoms with Crippen LogP contribution in [0.25, 0.3) is 0 Å². The number of aliphatic hydroxyl groups is 1. The molecule has 1 amide bonds. The van der Waals surface area contributed by atoms with E-state index in [1.165, 1.54) is 5.56 Å². The largest absolute Gasteiger partial charge is 0.392 e. The first-order chi connectivity index (χ1) is 10.1. The molecule has 1 aromatic carbocycles. The maximum absolute atomic E-state index is 12.0. The fourth-order valence-corrected chi connectivity index (χ4v) is 3.19. The summed E-state index contributed by atoms with van der Waals surface area (Å²) in [5.41, 5.74) is 1.30. The molecule has 0 saturated carbocycles. The summed E-state index contributed by atoms with van der Waals surface area (Å²) >= 11 is 3.23. The summed E-state index contributed by atoms with van der Waals surface area (Å²) in [7, 11) is 0. The number of hydrogen-bond acceptors (Lipinski definition) is 3. The Morgan fingerprint density at radius 1 is 1.48 bits per heavy atom. The van der Waals surface area contributed by atoms with E-state index in [2.05, 4.69) is 45.1 Å². The maximum Gasteiger partial charge on any atom is 0.233 e. The second-order valence-electron chi connectivity index (χ2n) is 5.69. The number of hydrogen-bond donors (Lipinski definition) is 1. The topological polar surface area (TPSA) is 43.8 Å². The van der Waals surface area contributed by atoms with Crippen molar-refractivity contribution in [3.63, 3.8) is 0 Å². The zero-order chi connectivity index (χ0) is 15.2. The second-order valence-corrected chi connectivity index (χ2v) is 6.25. The standard InChI is InChI=1S/C16H23BrN2O2/c1-13(20)10-19(16(21)9-17)15-7-8-18(12-15)11-14-5-3-2-4-6-14/h2-6,13,15,20H,7-12H2,1H3/t13-,15+/m0/s1. The molecule has 0 spiro atoms. The monoisotopic (exact) mass is 354 g/mol. The number of rotatable bonds is 6. The van der Waals surface area contributed by atoms with Gasteiger partial charge in [-0.05, 0) is 18.9 Å². The number of nitrogens with zero attached hydrogens (tertiary/aromatic N) is 2. The molecular formula is C16H23BrN2O2. The van der Waals surface area contributed by atoms with Gasteiger partial charge in [-0.25, -0.2) is 0 Å². The molecule has 5 heteroatoms. The van der Waals surface area contributed by atoms with Gasteiger partial charge < -0.3 is 10.0 Å². The summed E-state index contributed by atoms with van der Waals surface area (Å²) in [4.78, 5) is 16.2. The van der Waals surface area contributed by atoms with Gasteiger partial charge in [0, 0.05) is 32.2 Å². The number of carbonyl (C=O) groups excluding carboxylic acids is 1. The van der Waals surface area contributed by atoms with E-state index in [4.69, 9.17) is 0 Å². The van der Waals surface area contributed by atoms with Crippen LogP contribution in [0.4, 0.5) is 0 Å². The average molecular weight is 355 g/mol. The van der Waals surface area contributed by atoms with Gasteiger partial charge in [-0.15, -0.1) is 0 Å². The van der Waals surface area contributed by atoms with Crippen molar-refractivity contribution < 1.29 is 9.90 Å². The van der Waals surface area contributed by atoms with E-state index in [1.807, 2.05) is 11.0 Å². The minimum Gasteiger partial charge on any atom is -0.392 e. The molecule has 0 radical (unpaired) electrons. The quantitative estimate of drug-likeness (QED) is 0.793. The van der Waals surface area contributed by atoms with Crippen molar-refractivity contribution in [3.8, 4) is 0 Å². The van der Waals surface area contributed by atoms with Gasteiger partial charge >= 0.3 is 0 Å². The Morgan fingerprint density at radius 3 is 2.81 bits per heavy atom. The molecule has 1 fully saturated rings. The third-order valence-electron chi connectivity index (χ3n) is 3.83. The Labute approximate surface area is 134 Å². The van der Waals surface area contributed by atoms with Crippen LogP contribution in [0.2, 0.25) is 0 Å². The molecule has 116 valence electrons. The molecule has 0 aliphatic carbocycles. The molecule has 1 saturated heterocycles. The zero-order valence-corrected chi connectivity index (χ0v) is 14.0. The van der Waals surface area contributed by atoms with Gasteiger partial charge in [0.15, 0.2) is 0 Å². The molecule has 2 rings (SSSR count). The number of carbonyl (C=O) groups is 1. The van der Waals surface area contributed by atoms with Gasteiger partial charge in [-0.1, -0.05) is 46.3 Å². The Bertz CT molecular complexity index is 453. The van der Waals surface area contributed by atoms with Crippen LogP contribution in [0.3, 0.4) is 0 Å². The molecule has 0 bridgehead atoms. The van der Waals surface area contributed by atoms with Crippen molar-refractivity contribution in [1.29, 1.82) is 0 Å². The maximum atomic E-state index is 12.0. The Hall–Kier alpha value is -0.910. The van der Waals surface area contributed by atoms with E-state index in [0.717, 1.165) is 26.1 Å². The van der Waals surface area contributed by atoms with Crippen LogP contribution < -0.4 is 0 Å². The smallest absolute Gasteiger partial charge is 0.233 e. The second kappa shape index (κ2) is 7.92. The fourth-order valence-electron chi connectivity index (χ4n) is 2.87. The van der Waals surface area contributed by atoms with Crippen molar-refractivity contribution in [2.45, 2.75) is 32.0 Å². The lowest BCUT2D eigenvalue weighted by atomic mass is 10.2. The first kappa shape index (κ1) is 16.5. The normalized spacial score (nSPS) is 20.4. The first-order valence-electron chi connectivity index (χ1n) is 7.40. The van der Waals surface area contributed by atoms with E-state index >= 15 is 0 Å². The molecule has 1 aliphatic rings. The summed E-state index contributed by atoms with van der Waals surface area (Å²) in [5, 5.41) is 9.92. The third-order valence-corrected chi connectivity index (χ3v) is 4.31. The van der Waals surface area contributed by atoms with Crippen LogP contribution in [0, 0.1) is 0 Å². The van der Waals surface area contributed by atoms with Crippen molar-refractivity contribution in [1.82, 2.24) is 9.80 Å². The summed E-state index contributed by atoms with van der Waals surface area (Å²) < 4.78 is 0. The summed E-state index contributed by atoms with van der Waals surface area (Å²) in [6.07, 6.45) is 0.481.